The van der Waals surface area contributed by atoms with Gasteiger partial charge in [0.1, 0.15) is 17.1 Å². The molecule has 6 nitrogen and oxygen atoms in total. The van der Waals surface area contributed by atoms with E-state index in [4.69, 9.17) is 4.74 Å². The van der Waals surface area contributed by atoms with Crippen LogP contribution in [0.3, 0.4) is 0 Å². The van der Waals surface area contributed by atoms with Gasteiger partial charge in [-0.15, -0.1) is 13.2 Å². The molecule has 0 spiro atoms. The van der Waals surface area contributed by atoms with Gasteiger partial charge >= 0.3 is 6.09 Å². The van der Waals surface area contributed by atoms with Gasteiger partial charge in [-0.2, -0.15) is 0 Å². The fourth-order valence-corrected chi connectivity index (χ4v) is 4.50. The van der Waals surface area contributed by atoms with Crippen LogP contribution >= 0.6 is 0 Å². The van der Waals surface area contributed by atoms with Gasteiger partial charge in [-0.25, -0.2) is 4.79 Å². The van der Waals surface area contributed by atoms with Crippen molar-refractivity contribution in [3.63, 3.8) is 0 Å². The SMILES string of the molecule is C=CCc1ccc(O)c(-c2cc(CC=C)cc(CN3CCCC(NC(=O)OC(C)(C)C)C3)c2O)c1. The number of carbonyl (C=O) groups excluding carboxylic acids is 1. The zero-order chi connectivity index (χ0) is 25.6. The van der Waals surface area contributed by atoms with Crippen LogP contribution in [0.2, 0.25) is 0 Å². The van der Waals surface area contributed by atoms with E-state index in [2.05, 4.69) is 23.4 Å². The van der Waals surface area contributed by atoms with Crippen LogP contribution in [0.15, 0.2) is 55.6 Å². The maximum absolute atomic E-state index is 12.2. The lowest BCUT2D eigenvalue weighted by Gasteiger charge is -2.34. The van der Waals surface area contributed by atoms with Crippen molar-refractivity contribution < 1.29 is 19.7 Å². The molecule has 1 aliphatic rings. The molecule has 1 fully saturated rings. The third-order valence-corrected chi connectivity index (χ3v) is 5.98. The number of rotatable bonds is 8. The number of carbonyl (C=O) groups is 1. The Morgan fingerprint density at radius 1 is 1.11 bits per heavy atom. The van der Waals surface area contributed by atoms with E-state index < -0.39 is 11.7 Å². The van der Waals surface area contributed by atoms with Gasteiger partial charge < -0.3 is 20.3 Å². The van der Waals surface area contributed by atoms with Crippen molar-refractivity contribution in [3.8, 4) is 22.6 Å². The highest BCUT2D eigenvalue weighted by Gasteiger charge is 2.25. The number of nitrogens with zero attached hydrogens (tertiary/aromatic N) is 1. The number of likely N-dealkylation sites (tertiary alicyclic amines) is 1. The van der Waals surface area contributed by atoms with Crippen LogP contribution in [0.25, 0.3) is 11.1 Å². The maximum atomic E-state index is 12.2. The van der Waals surface area contributed by atoms with Crippen molar-refractivity contribution in [2.75, 3.05) is 13.1 Å². The minimum atomic E-state index is -0.541. The van der Waals surface area contributed by atoms with Gasteiger partial charge in [-0.05, 0) is 82.3 Å². The van der Waals surface area contributed by atoms with Gasteiger partial charge in [0.25, 0.3) is 0 Å². The summed E-state index contributed by atoms with van der Waals surface area (Å²) >= 11 is 0. The van der Waals surface area contributed by atoms with E-state index in [9.17, 15) is 15.0 Å². The summed E-state index contributed by atoms with van der Waals surface area (Å²) in [6, 6.07) is 9.31. The largest absolute Gasteiger partial charge is 0.507 e. The van der Waals surface area contributed by atoms with Crippen molar-refractivity contribution in [2.45, 2.75) is 64.6 Å². The van der Waals surface area contributed by atoms with E-state index in [0.29, 0.717) is 37.1 Å². The van der Waals surface area contributed by atoms with Crippen LogP contribution in [0.5, 0.6) is 11.5 Å². The Kier molecular flexibility index (Phi) is 8.62. The molecule has 0 saturated carbocycles. The number of allylic oxidation sites excluding steroid dienone is 2. The van der Waals surface area contributed by atoms with Gasteiger partial charge in [0.05, 0.1) is 0 Å². The number of ether oxygens (including phenoxy) is 1. The number of nitrogens with one attached hydrogen (secondary N) is 1. The molecule has 0 aromatic heterocycles. The first-order chi connectivity index (χ1) is 16.6. The Balaban J connectivity index is 1.85. The first kappa shape index (κ1) is 26.4. The molecule has 1 aliphatic heterocycles. The number of phenolic OH excluding ortho intramolecular Hbond substituents is 2. The lowest BCUT2D eigenvalue weighted by Crippen LogP contribution is -2.48. The van der Waals surface area contributed by atoms with E-state index >= 15 is 0 Å². The summed E-state index contributed by atoms with van der Waals surface area (Å²) in [5, 5.41) is 24.9. The molecule has 1 saturated heterocycles. The highest BCUT2D eigenvalue weighted by molar-refractivity contribution is 5.78. The van der Waals surface area contributed by atoms with E-state index in [1.165, 1.54) is 0 Å². The van der Waals surface area contributed by atoms with Crippen molar-refractivity contribution in [3.05, 3.63) is 72.3 Å². The maximum Gasteiger partial charge on any atom is 0.407 e. The summed E-state index contributed by atoms with van der Waals surface area (Å²) in [7, 11) is 0. The van der Waals surface area contributed by atoms with Gasteiger partial charge in [-0.1, -0.05) is 24.3 Å². The molecule has 3 rings (SSSR count). The summed E-state index contributed by atoms with van der Waals surface area (Å²) in [5.41, 5.74) is 3.46. The minimum Gasteiger partial charge on any atom is -0.507 e. The average Bonchev–Trinajstić information content (AvgIpc) is 2.76. The Hall–Kier alpha value is -3.25. The molecule has 3 N–H and O–H groups in total. The fraction of sp³-hybridized carbons (Fsp3) is 0.414. The third-order valence-electron chi connectivity index (χ3n) is 5.98. The summed E-state index contributed by atoms with van der Waals surface area (Å²) < 4.78 is 5.41. The lowest BCUT2D eigenvalue weighted by molar-refractivity contribution is 0.0470. The topological polar surface area (TPSA) is 82.0 Å². The molecule has 6 heteroatoms. The molecule has 0 radical (unpaired) electrons. The monoisotopic (exact) mass is 478 g/mol. The van der Waals surface area contributed by atoms with E-state index in [1.807, 2.05) is 57.2 Å². The molecule has 1 atom stereocenters. The summed E-state index contributed by atoms with van der Waals surface area (Å²) in [5.74, 6) is 0.278. The van der Waals surface area contributed by atoms with Crippen molar-refractivity contribution >= 4 is 6.09 Å². The second kappa shape index (κ2) is 11.5. The molecule has 35 heavy (non-hydrogen) atoms. The first-order valence-corrected chi connectivity index (χ1v) is 12.2. The number of amides is 1. The van der Waals surface area contributed by atoms with Crippen LogP contribution in [0, 0.1) is 0 Å². The zero-order valence-corrected chi connectivity index (χ0v) is 21.1. The Morgan fingerprint density at radius 2 is 1.80 bits per heavy atom. The van der Waals surface area contributed by atoms with Crippen molar-refractivity contribution in [2.24, 2.45) is 0 Å². The lowest BCUT2D eigenvalue weighted by atomic mass is 9.94. The molecule has 1 amide bonds. The Labute approximate surface area is 208 Å². The van der Waals surface area contributed by atoms with Gasteiger partial charge in [0, 0.05) is 35.8 Å². The minimum absolute atomic E-state index is 0.0174. The summed E-state index contributed by atoms with van der Waals surface area (Å²) in [6.07, 6.45) is 6.38. The average molecular weight is 479 g/mol. The Bertz CT molecular complexity index is 1070. The van der Waals surface area contributed by atoms with Crippen molar-refractivity contribution in [1.82, 2.24) is 10.2 Å². The molecule has 0 aliphatic carbocycles. The van der Waals surface area contributed by atoms with Crippen molar-refractivity contribution in [1.29, 1.82) is 0 Å². The normalized spacial score (nSPS) is 16.5. The van der Waals surface area contributed by atoms with Crippen LogP contribution in [-0.4, -0.2) is 45.9 Å². The quantitative estimate of drug-likeness (QED) is 0.423. The van der Waals surface area contributed by atoms with E-state index in [0.717, 1.165) is 36.1 Å². The molecular formula is C29H38N2O4. The first-order valence-electron chi connectivity index (χ1n) is 12.2. The van der Waals surface area contributed by atoms with Gasteiger partial charge in [-0.3, -0.25) is 4.90 Å². The third kappa shape index (κ3) is 7.36. The number of hydrogen-bond acceptors (Lipinski definition) is 5. The fourth-order valence-electron chi connectivity index (χ4n) is 4.50. The van der Waals surface area contributed by atoms with Crippen LogP contribution in [-0.2, 0) is 24.1 Å². The molecule has 2 aromatic rings. The van der Waals surface area contributed by atoms with E-state index in [1.54, 1.807) is 6.07 Å². The number of phenols is 2. The van der Waals surface area contributed by atoms with Crippen LogP contribution < -0.4 is 5.32 Å². The molecule has 2 aromatic carbocycles. The molecule has 1 heterocycles. The van der Waals surface area contributed by atoms with Crippen LogP contribution in [0.4, 0.5) is 4.79 Å². The standard InChI is InChI=1S/C29H38N2O4/c1-6-9-20-12-13-26(32)24(16-20)25-17-21(10-7-2)15-22(27(25)33)18-31-14-8-11-23(19-31)30-28(34)35-29(3,4)5/h6-7,12-13,15-17,23,32-33H,1-2,8-11,14,18-19H2,3-5H3,(H,30,34). The summed E-state index contributed by atoms with van der Waals surface area (Å²) in [4.78, 5) is 14.5. The molecule has 0 bridgehead atoms. The Morgan fingerprint density at radius 3 is 2.49 bits per heavy atom. The van der Waals surface area contributed by atoms with E-state index in [-0.39, 0.29) is 17.5 Å². The predicted molar refractivity (Wildman–Crippen MR) is 141 cm³/mol. The number of hydrogen-bond donors (Lipinski definition) is 3. The van der Waals surface area contributed by atoms with Gasteiger partial charge in [0.2, 0.25) is 0 Å². The number of alkyl carbamates (subject to hydrolysis) is 1. The molecule has 1 unspecified atom stereocenters. The summed E-state index contributed by atoms with van der Waals surface area (Å²) in [6.45, 7) is 15.3. The number of piperidine rings is 1. The molecular weight excluding hydrogens is 440 g/mol. The zero-order valence-electron chi connectivity index (χ0n) is 21.1. The molecule has 188 valence electrons. The smallest absolute Gasteiger partial charge is 0.407 e. The second-order valence-electron chi connectivity index (χ2n) is 10.2. The number of aromatic hydroxyl groups is 2. The predicted octanol–water partition coefficient (Wildman–Crippen LogP) is 5.71. The van der Waals surface area contributed by atoms with Gasteiger partial charge in [0.15, 0.2) is 0 Å². The highest BCUT2D eigenvalue weighted by atomic mass is 16.6. The second-order valence-corrected chi connectivity index (χ2v) is 10.2. The van der Waals surface area contributed by atoms with Crippen LogP contribution in [0.1, 0.15) is 50.3 Å². The number of benzene rings is 2. The highest BCUT2D eigenvalue weighted by Crippen LogP contribution is 2.39.